The maximum Gasteiger partial charge on any atom is 0.0340 e. The highest BCUT2D eigenvalue weighted by Gasteiger charge is 2.22. The summed E-state index contributed by atoms with van der Waals surface area (Å²) in [5.74, 6) is 0.991. The number of anilines is 1. The Morgan fingerprint density at radius 1 is 1.10 bits per heavy atom. The fourth-order valence-corrected chi connectivity index (χ4v) is 3.22. The van der Waals surface area contributed by atoms with Gasteiger partial charge in [-0.3, -0.25) is 0 Å². The van der Waals surface area contributed by atoms with Crippen LogP contribution in [0.5, 0.6) is 0 Å². The minimum atomic E-state index is 0.803. The van der Waals surface area contributed by atoms with E-state index in [4.69, 9.17) is 0 Å². The van der Waals surface area contributed by atoms with Gasteiger partial charge in [-0.05, 0) is 57.7 Å². The van der Waals surface area contributed by atoms with Gasteiger partial charge in [-0.2, -0.15) is 0 Å². The van der Waals surface area contributed by atoms with E-state index in [2.05, 4.69) is 55.4 Å². The van der Waals surface area contributed by atoms with Gasteiger partial charge in [-0.15, -0.1) is 0 Å². The van der Waals surface area contributed by atoms with Gasteiger partial charge in [0.2, 0.25) is 0 Å². The van der Waals surface area contributed by atoms with Crippen molar-refractivity contribution in [2.75, 3.05) is 25.5 Å². The molecular formula is C18H30N2. The van der Waals surface area contributed by atoms with Crippen LogP contribution in [0.1, 0.15) is 44.6 Å². The van der Waals surface area contributed by atoms with Crippen molar-refractivity contribution in [3.8, 4) is 0 Å². The van der Waals surface area contributed by atoms with Crippen molar-refractivity contribution in [3.63, 3.8) is 0 Å². The third kappa shape index (κ3) is 4.52. The monoisotopic (exact) mass is 274 g/mol. The van der Waals surface area contributed by atoms with Gasteiger partial charge in [-0.25, -0.2) is 0 Å². The first-order valence-corrected chi connectivity index (χ1v) is 8.19. The molecule has 0 amide bonds. The van der Waals surface area contributed by atoms with E-state index in [9.17, 15) is 0 Å². The van der Waals surface area contributed by atoms with Gasteiger partial charge in [0.25, 0.3) is 0 Å². The van der Waals surface area contributed by atoms with Gasteiger partial charge in [0.1, 0.15) is 0 Å². The molecule has 2 nitrogen and oxygen atoms in total. The molecule has 0 heterocycles. The van der Waals surface area contributed by atoms with Gasteiger partial charge in [0.05, 0.1) is 0 Å². The fraction of sp³-hybridized carbons (Fsp3) is 0.667. The molecule has 1 aliphatic rings. The summed E-state index contributed by atoms with van der Waals surface area (Å²) in [4.78, 5) is 2.55. The molecule has 2 heteroatoms. The lowest BCUT2D eigenvalue weighted by atomic mass is 9.84. The predicted molar refractivity (Wildman–Crippen MR) is 88.3 cm³/mol. The molecule has 1 aliphatic carbocycles. The largest absolute Gasteiger partial charge is 0.384 e. The standard InChI is InChI=1S/C18H30N2/c1-4-16-7-11-18(12-8-16)20(3)14-13-19-17-9-5-15(2)6-10-17/h5-6,9-10,16,18-19H,4,7-8,11-14H2,1-3H3. The van der Waals surface area contributed by atoms with Gasteiger partial charge in [0, 0.05) is 24.8 Å². The quantitative estimate of drug-likeness (QED) is 0.831. The Hall–Kier alpha value is -1.02. The van der Waals surface area contributed by atoms with Crippen molar-refractivity contribution in [2.45, 2.75) is 52.0 Å². The zero-order valence-corrected chi connectivity index (χ0v) is 13.4. The fourth-order valence-electron chi connectivity index (χ4n) is 3.22. The summed E-state index contributed by atoms with van der Waals surface area (Å²) in [7, 11) is 2.29. The number of aryl methyl sites for hydroxylation is 1. The molecule has 0 aromatic heterocycles. The maximum absolute atomic E-state index is 3.52. The average molecular weight is 274 g/mol. The molecular weight excluding hydrogens is 244 g/mol. The molecule has 20 heavy (non-hydrogen) atoms. The lowest BCUT2D eigenvalue weighted by Gasteiger charge is -2.34. The molecule has 0 unspecified atom stereocenters. The number of nitrogens with zero attached hydrogens (tertiary/aromatic N) is 1. The second kappa shape index (κ2) is 7.68. The number of hydrogen-bond acceptors (Lipinski definition) is 2. The minimum Gasteiger partial charge on any atom is -0.384 e. The van der Waals surface area contributed by atoms with E-state index in [0.717, 1.165) is 25.0 Å². The summed E-state index contributed by atoms with van der Waals surface area (Å²) < 4.78 is 0. The molecule has 112 valence electrons. The molecule has 0 bridgehead atoms. The molecule has 1 N–H and O–H groups in total. The van der Waals surface area contributed by atoms with Crippen LogP contribution in [0.4, 0.5) is 5.69 Å². The van der Waals surface area contributed by atoms with Crippen molar-refractivity contribution in [1.29, 1.82) is 0 Å². The Morgan fingerprint density at radius 2 is 1.75 bits per heavy atom. The number of rotatable bonds is 6. The molecule has 1 aromatic rings. The van der Waals surface area contributed by atoms with E-state index in [1.54, 1.807) is 0 Å². The van der Waals surface area contributed by atoms with E-state index in [1.807, 2.05) is 0 Å². The van der Waals surface area contributed by atoms with E-state index < -0.39 is 0 Å². The first-order chi connectivity index (χ1) is 9.69. The van der Waals surface area contributed by atoms with E-state index in [-0.39, 0.29) is 0 Å². The molecule has 1 saturated carbocycles. The topological polar surface area (TPSA) is 15.3 Å². The second-order valence-electron chi connectivity index (χ2n) is 6.36. The van der Waals surface area contributed by atoms with Crippen LogP contribution in [0.15, 0.2) is 24.3 Å². The molecule has 0 atom stereocenters. The van der Waals surface area contributed by atoms with Gasteiger partial charge in [0.15, 0.2) is 0 Å². The number of hydrogen-bond donors (Lipinski definition) is 1. The third-order valence-electron chi connectivity index (χ3n) is 4.86. The van der Waals surface area contributed by atoms with Gasteiger partial charge >= 0.3 is 0 Å². The zero-order valence-electron chi connectivity index (χ0n) is 13.4. The van der Waals surface area contributed by atoms with Crippen LogP contribution in [0.2, 0.25) is 0 Å². The average Bonchev–Trinajstić information content (AvgIpc) is 2.49. The van der Waals surface area contributed by atoms with Crippen molar-refractivity contribution < 1.29 is 0 Å². The highest BCUT2D eigenvalue weighted by molar-refractivity contribution is 5.44. The summed E-state index contributed by atoms with van der Waals surface area (Å²) in [5, 5.41) is 3.52. The number of benzene rings is 1. The summed E-state index contributed by atoms with van der Waals surface area (Å²) >= 11 is 0. The van der Waals surface area contributed by atoms with E-state index in [1.165, 1.54) is 43.4 Å². The van der Waals surface area contributed by atoms with Crippen molar-refractivity contribution >= 4 is 5.69 Å². The lowest BCUT2D eigenvalue weighted by molar-refractivity contribution is 0.168. The highest BCUT2D eigenvalue weighted by Crippen LogP contribution is 2.28. The highest BCUT2D eigenvalue weighted by atomic mass is 15.1. The summed E-state index contributed by atoms with van der Waals surface area (Å²) in [6.07, 6.45) is 7.00. The molecule has 0 spiro atoms. The Labute approximate surface area is 124 Å². The van der Waals surface area contributed by atoms with Crippen molar-refractivity contribution in [2.24, 2.45) is 5.92 Å². The first kappa shape index (κ1) is 15.4. The normalized spacial score (nSPS) is 23.0. The predicted octanol–water partition coefficient (Wildman–Crippen LogP) is 4.31. The zero-order chi connectivity index (χ0) is 14.4. The number of likely N-dealkylation sites (N-methyl/N-ethyl adjacent to an activating group) is 1. The van der Waals surface area contributed by atoms with E-state index in [0.29, 0.717) is 0 Å². The second-order valence-corrected chi connectivity index (χ2v) is 6.36. The number of nitrogens with one attached hydrogen (secondary N) is 1. The van der Waals surface area contributed by atoms with Crippen LogP contribution in [0.3, 0.4) is 0 Å². The summed E-state index contributed by atoms with van der Waals surface area (Å²) in [6, 6.07) is 9.47. The maximum atomic E-state index is 3.52. The smallest absolute Gasteiger partial charge is 0.0340 e. The van der Waals surface area contributed by atoms with Crippen molar-refractivity contribution in [3.05, 3.63) is 29.8 Å². The summed E-state index contributed by atoms with van der Waals surface area (Å²) in [5.41, 5.74) is 2.55. The van der Waals surface area contributed by atoms with Crippen LogP contribution in [0, 0.1) is 12.8 Å². The Balaban J connectivity index is 1.67. The van der Waals surface area contributed by atoms with E-state index >= 15 is 0 Å². The Kier molecular flexibility index (Phi) is 5.90. The third-order valence-corrected chi connectivity index (χ3v) is 4.86. The van der Waals surface area contributed by atoms with Crippen LogP contribution in [0.25, 0.3) is 0 Å². The summed E-state index contributed by atoms with van der Waals surface area (Å²) in [6.45, 7) is 6.63. The van der Waals surface area contributed by atoms with Gasteiger partial charge in [-0.1, -0.05) is 31.0 Å². The SMILES string of the molecule is CCC1CCC(N(C)CCNc2ccc(C)cc2)CC1. The molecule has 0 saturated heterocycles. The minimum absolute atomic E-state index is 0.803. The Morgan fingerprint density at radius 3 is 2.35 bits per heavy atom. The van der Waals surface area contributed by atoms with Gasteiger partial charge < -0.3 is 10.2 Å². The van der Waals surface area contributed by atoms with Crippen LogP contribution in [-0.4, -0.2) is 31.1 Å². The van der Waals surface area contributed by atoms with Crippen LogP contribution in [-0.2, 0) is 0 Å². The van der Waals surface area contributed by atoms with Crippen LogP contribution < -0.4 is 5.32 Å². The Bertz CT molecular complexity index is 377. The first-order valence-electron chi connectivity index (χ1n) is 8.19. The molecule has 1 fully saturated rings. The van der Waals surface area contributed by atoms with Crippen molar-refractivity contribution in [1.82, 2.24) is 4.90 Å². The molecule has 0 aliphatic heterocycles. The molecule has 1 aromatic carbocycles. The molecule has 2 rings (SSSR count). The van der Waals surface area contributed by atoms with Crippen LogP contribution >= 0.6 is 0 Å². The lowest BCUT2D eigenvalue weighted by Crippen LogP contribution is -2.37. The molecule has 0 radical (unpaired) electrons.